The van der Waals surface area contributed by atoms with E-state index in [1.165, 1.54) is 17.7 Å². The lowest BCUT2D eigenvalue weighted by Crippen LogP contribution is -2.48. The van der Waals surface area contributed by atoms with Crippen LogP contribution in [0, 0.1) is 5.92 Å². The first-order chi connectivity index (χ1) is 15.1. The molecule has 7 nitrogen and oxygen atoms in total. The van der Waals surface area contributed by atoms with Crippen molar-refractivity contribution in [1.82, 2.24) is 24.3 Å². The Hall–Kier alpha value is -2.22. The average Bonchev–Trinajstić information content (AvgIpc) is 2.78. The molecule has 166 valence electrons. The van der Waals surface area contributed by atoms with E-state index in [2.05, 4.69) is 54.8 Å². The van der Waals surface area contributed by atoms with E-state index >= 15 is 0 Å². The third-order valence-electron chi connectivity index (χ3n) is 7.27. The summed E-state index contributed by atoms with van der Waals surface area (Å²) in [6, 6.07) is 8.51. The van der Waals surface area contributed by atoms with Crippen LogP contribution < -0.4 is 10.9 Å². The van der Waals surface area contributed by atoms with Crippen molar-refractivity contribution >= 4 is 5.82 Å². The van der Waals surface area contributed by atoms with Gasteiger partial charge in [-0.25, -0.2) is 4.98 Å². The first-order valence-corrected chi connectivity index (χ1v) is 11.6. The number of pyridine rings is 2. The number of nitrogens with zero attached hydrogens (tertiary/aromatic N) is 5. The van der Waals surface area contributed by atoms with E-state index in [4.69, 9.17) is 0 Å². The largest absolute Gasteiger partial charge is 0.373 e. The van der Waals surface area contributed by atoms with E-state index in [0.717, 1.165) is 70.3 Å². The van der Waals surface area contributed by atoms with Crippen LogP contribution in [0.15, 0.2) is 35.3 Å². The Kier molecular flexibility index (Phi) is 5.82. The standard InChI is InChI=1S/C24H34N6O/c1-25-23-19(4-3-7-26-23)15-29-13-18-12-21(17-29)22-6-5-20(24(31)30(22)14-18)16-28-10-8-27(2)9-11-28/h3-7,18,21H,8-17H2,1-2H3,(H,25,26)/t18-,21+/m0/s1. The predicted molar refractivity (Wildman–Crippen MR) is 123 cm³/mol. The Labute approximate surface area is 184 Å². The maximum atomic E-state index is 13.3. The van der Waals surface area contributed by atoms with Crippen LogP contribution in [0.25, 0.3) is 0 Å². The summed E-state index contributed by atoms with van der Waals surface area (Å²) in [4.78, 5) is 25.1. The highest BCUT2D eigenvalue weighted by atomic mass is 16.1. The van der Waals surface area contributed by atoms with Crippen LogP contribution >= 0.6 is 0 Å². The van der Waals surface area contributed by atoms with Gasteiger partial charge in [0, 0.05) is 94.9 Å². The highest BCUT2D eigenvalue weighted by Gasteiger charge is 2.35. The summed E-state index contributed by atoms with van der Waals surface area (Å²) >= 11 is 0. The molecule has 3 aliphatic rings. The lowest BCUT2D eigenvalue weighted by atomic mass is 9.82. The average molecular weight is 423 g/mol. The van der Waals surface area contributed by atoms with Crippen molar-refractivity contribution in [3.8, 4) is 0 Å². The van der Waals surface area contributed by atoms with E-state index in [1.54, 1.807) is 0 Å². The van der Waals surface area contributed by atoms with Gasteiger partial charge in [-0.15, -0.1) is 0 Å². The van der Waals surface area contributed by atoms with Gasteiger partial charge in [0.15, 0.2) is 0 Å². The third kappa shape index (κ3) is 4.27. The molecular weight excluding hydrogens is 388 g/mol. The van der Waals surface area contributed by atoms with Gasteiger partial charge >= 0.3 is 0 Å². The topological polar surface area (TPSA) is 56.6 Å². The molecule has 0 spiro atoms. The Bertz CT molecular complexity index is 980. The molecule has 0 radical (unpaired) electrons. The molecule has 1 N–H and O–H groups in total. The Morgan fingerprint density at radius 2 is 1.81 bits per heavy atom. The zero-order valence-electron chi connectivity index (χ0n) is 18.8. The molecule has 2 saturated heterocycles. The summed E-state index contributed by atoms with van der Waals surface area (Å²) < 4.78 is 2.10. The van der Waals surface area contributed by atoms with E-state index < -0.39 is 0 Å². The van der Waals surface area contributed by atoms with Gasteiger partial charge in [-0.05, 0) is 31.5 Å². The number of rotatable bonds is 5. The molecule has 0 aliphatic carbocycles. The van der Waals surface area contributed by atoms with E-state index in [0.29, 0.717) is 11.8 Å². The van der Waals surface area contributed by atoms with Gasteiger partial charge in [0.1, 0.15) is 5.82 Å². The number of nitrogens with one attached hydrogen (secondary N) is 1. The molecule has 2 fully saturated rings. The highest BCUT2D eigenvalue weighted by Crippen LogP contribution is 2.36. The summed E-state index contributed by atoms with van der Waals surface area (Å²) in [6.07, 6.45) is 3.03. The quantitative estimate of drug-likeness (QED) is 0.791. The molecular formula is C24H34N6O. The van der Waals surface area contributed by atoms with Gasteiger partial charge in [0.25, 0.3) is 5.56 Å². The molecule has 0 aromatic carbocycles. The Balaban J connectivity index is 1.32. The Morgan fingerprint density at radius 1 is 1.00 bits per heavy atom. The van der Waals surface area contributed by atoms with Crippen LogP contribution in [0.5, 0.6) is 0 Å². The number of anilines is 1. The smallest absolute Gasteiger partial charge is 0.255 e. The number of piperidine rings is 1. The number of likely N-dealkylation sites (N-methyl/N-ethyl adjacent to an activating group) is 1. The fourth-order valence-corrected chi connectivity index (χ4v) is 5.62. The van der Waals surface area contributed by atoms with Crippen molar-refractivity contribution in [2.75, 3.05) is 58.7 Å². The molecule has 2 atom stereocenters. The van der Waals surface area contributed by atoms with E-state index in [1.807, 2.05) is 19.3 Å². The van der Waals surface area contributed by atoms with Crippen LogP contribution in [-0.4, -0.2) is 77.6 Å². The highest BCUT2D eigenvalue weighted by molar-refractivity contribution is 5.42. The molecule has 0 saturated carbocycles. The lowest BCUT2D eigenvalue weighted by molar-refractivity contribution is 0.113. The van der Waals surface area contributed by atoms with E-state index in [-0.39, 0.29) is 5.56 Å². The molecule has 3 aliphatic heterocycles. The van der Waals surface area contributed by atoms with Crippen LogP contribution in [0.2, 0.25) is 0 Å². The summed E-state index contributed by atoms with van der Waals surface area (Å²) in [6.45, 7) is 8.84. The number of piperazine rings is 1. The molecule has 5 heterocycles. The Morgan fingerprint density at radius 3 is 2.61 bits per heavy atom. The minimum absolute atomic E-state index is 0.240. The molecule has 2 aromatic rings. The summed E-state index contributed by atoms with van der Waals surface area (Å²) in [5.41, 5.74) is 3.67. The number of fused-ring (bicyclic) bond motifs is 4. The van der Waals surface area contributed by atoms with Crippen LogP contribution in [0.1, 0.15) is 29.2 Å². The van der Waals surface area contributed by atoms with Crippen molar-refractivity contribution < 1.29 is 0 Å². The zero-order valence-corrected chi connectivity index (χ0v) is 18.8. The molecule has 2 aromatic heterocycles. The maximum absolute atomic E-state index is 13.3. The fourth-order valence-electron chi connectivity index (χ4n) is 5.62. The first kappa shape index (κ1) is 20.7. The van der Waals surface area contributed by atoms with Crippen molar-refractivity contribution in [3.63, 3.8) is 0 Å². The molecule has 5 rings (SSSR count). The lowest BCUT2D eigenvalue weighted by Gasteiger charge is -2.43. The zero-order chi connectivity index (χ0) is 21.4. The number of hydrogen-bond acceptors (Lipinski definition) is 6. The van der Waals surface area contributed by atoms with Crippen LogP contribution in [0.4, 0.5) is 5.82 Å². The summed E-state index contributed by atoms with van der Waals surface area (Å²) in [5, 5.41) is 3.21. The van der Waals surface area contributed by atoms with Gasteiger partial charge in [0.05, 0.1) is 0 Å². The van der Waals surface area contributed by atoms with Gasteiger partial charge in [-0.3, -0.25) is 14.6 Å². The van der Waals surface area contributed by atoms with Gasteiger partial charge in [-0.1, -0.05) is 12.1 Å². The van der Waals surface area contributed by atoms with Gasteiger partial charge < -0.3 is 14.8 Å². The number of likely N-dealkylation sites (tertiary alicyclic amines) is 1. The van der Waals surface area contributed by atoms with Gasteiger partial charge in [-0.2, -0.15) is 0 Å². The van der Waals surface area contributed by atoms with Crippen molar-refractivity contribution in [3.05, 3.63) is 57.6 Å². The monoisotopic (exact) mass is 422 g/mol. The second kappa shape index (κ2) is 8.73. The molecule has 2 bridgehead atoms. The minimum atomic E-state index is 0.240. The van der Waals surface area contributed by atoms with Crippen molar-refractivity contribution in [1.29, 1.82) is 0 Å². The third-order valence-corrected chi connectivity index (χ3v) is 7.27. The number of hydrogen-bond donors (Lipinski definition) is 1. The summed E-state index contributed by atoms with van der Waals surface area (Å²) in [5.74, 6) is 1.94. The van der Waals surface area contributed by atoms with Crippen molar-refractivity contribution in [2.45, 2.75) is 32.0 Å². The van der Waals surface area contributed by atoms with E-state index in [9.17, 15) is 4.79 Å². The van der Waals surface area contributed by atoms with Crippen LogP contribution in [0.3, 0.4) is 0 Å². The molecule has 7 heteroatoms. The normalized spacial score (nSPS) is 24.7. The summed E-state index contributed by atoms with van der Waals surface area (Å²) in [7, 11) is 4.10. The maximum Gasteiger partial charge on any atom is 0.255 e. The van der Waals surface area contributed by atoms with Crippen LogP contribution in [-0.2, 0) is 19.6 Å². The molecule has 0 amide bonds. The van der Waals surface area contributed by atoms with Gasteiger partial charge in [0.2, 0.25) is 0 Å². The first-order valence-electron chi connectivity index (χ1n) is 11.6. The predicted octanol–water partition coefficient (Wildman–Crippen LogP) is 1.65. The molecule has 31 heavy (non-hydrogen) atoms. The SMILES string of the molecule is CNc1ncccc1CN1C[C@@H]2C[C@H](C1)c1ccc(CN3CCN(C)CC3)c(=O)n1C2. The minimum Gasteiger partial charge on any atom is -0.373 e. The second-order valence-corrected chi connectivity index (χ2v) is 9.53. The van der Waals surface area contributed by atoms with Crippen molar-refractivity contribution in [2.24, 2.45) is 5.92 Å². The fraction of sp³-hybridized carbons (Fsp3) is 0.583. The second-order valence-electron chi connectivity index (χ2n) is 9.53. The molecule has 0 unspecified atom stereocenters. The number of aromatic nitrogens is 2.